The summed E-state index contributed by atoms with van der Waals surface area (Å²) in [7, 11) is -3.78. The van der Waals surface area contributed by atoms with Gasteiger partial charge < -0.3 is 5.11 Å². The van der Waals surface area contributed by atoms with Crippen LogP contribution in [0.25, 0.3) is 0 Å². The zero-order valence-electron chi connectivity index (χ0n) is 10.4. The normalized spacial score (nSPS) is 12.9. The Labute approximate surface area is 117 Å². The minimum absolute atomic E-state index is 0.00348. The van der Waals surface area contributed by atoms with E-state index in [0.29, 0.717) is 6.42 Å². The zero-order chi connectivity index (χ0) is 14.5. The molecule has 0 heterocycles. The number of aliphatic hydroxyl groups excluding tert-OH is 1. The summed E-state index contributed by atoms with van der Waals surface area (Å²) < 4.78 is 26.6. The lowest BCUT2D eigenvalue weighted by atomic mass is 10.1. The largest absolute Gasteiger partial charge is 0.396 e. The van der Waals surface area contributed by atoms with E-state index in [1.807, 2.05) is 6.92 Å². The van der Waals surface area contributed by atoms with E-state index in [0.717, 1.165) is 0 Å². The molecule has 1 rings (SSSR count). The lowest BCUT2D eigenvalue weighted by Gasteiger charge is -2.12. The molecule has 104 valence electrons. The number of halogens is 1. The van der Waals surface area contributed by atoms with Crippen LogP contribution in [0.3, 0.4) is 0 Å². The highest BCUT2D eigenvalue weighted by atomic mass is 35.5. The van der Waals surface area contributed by atoms with Gasteiger partial charge in [0.15, 0.2) is 0 Å². The molecule has 0 bridgehead atoms. The topological polar surface area (TPSA) is 90.2 Å². The van der Waals surface area contributed by atoms with Gasteiger partial charge in [-0.2, -0.15) is 5.26 Å². The lowest BCUT2D eigenvalue weighted by molar-refractivity contribution is 0.263. The highest BCUT2D eigenvalue weighted by Gasteiger charge is 2.20. The molecule has 5 nitrogen and oxygen atoms in total. The number of nitriles is 1. The van der Waals surface area contributed by atoms with Gasteiger partial charge in [0, 0.05) is 13.2 Å². The van der Waals surface area contributed by atoms with Crippen LogP contribution in [0.1, 0.15) is 18.9 Å². The van der Waals surface area contributed by atoms with E-state index in [1.165, 1.54) is 18.2 Å². The molecule has 0 spiro atoms. The number of hydrogen-bond donors (Lipinski definition) is 2. The van der Waals surface area contributed by atoms with Gasteiger partial charge in [-0.3, -0.25) is 0 Å². The van der Waals surface area contributed by atoms with E-state index in [9.17, 15) is 8.42 Å². The van der Waals surface area contributed by atoms with Crippen LogP contribution in [0.2, 0.25) is 5.02 Å². The summed E-state index contributed by atoms with van der Waals surface area (Å²) in [6.07, 6.45) is 0.503. The van der Waals surface area contributed by atoms with Crippen molar-refractivity contribution in [2.75, 3.05) is 13.2 Å². The van der Waals surface area contributed by atoms with E-state index in [2.05, 4.69) is 4.72 Å². The molecule has 0 aliphatic heterocycles. The average Bonchev–Trinajstić information content (AvgIpc) is 2.36. The fourth-order valence-electron chi connectivity index (χ4n) is 1.49. The second kappa shape index (κ2) is 6.87. The monoisotopic (exact) mass is 302 g/mol. The number of nitrogens with one attached hydrogen (secondary N) is 1. The Morgan fingerprint density at radius 1 is 1.53 bits per heavy atom. The Balaban J connectivity index is 2.96. The van der Waals surface area contributed by atoms with Gasteiger partial charge >= 0.3 is 0 Å². The highest BCUT2D eigenvalue weighted by molar-refractivity contribution is 7.89. The Kier molecular flexibility index (Phi) is 5.76. The average molecular weight is 303 g/mol. The van der Waals surface area contributed by atoms with Crippen LogP contribution >= 0.6 is 11.6 Å². The molecule has 1 aromatic carbocycles. The predicted molar refractivity (Wildman–Crippen MR) is 72.2 cm³/mol. The van der Waals surface area contributed by atoms with Crippen molar-refractivity contribution in [2.24, 2.45) is 5.92 Å². The number of aliphatic hydroxyl groups is 1. The highest BCUT2D eigenvalue weighted by Crippen LogP contribution is 2.22. The summed E-state index contributed by atoms with van der Waals surface area (Å²) >= 11 is 5.80. The number of nitrogens with zero attached hydrogens (tertiary/aromatic N) is 1. The quantitative estimate of drug-likeness (QED) is 0.833. The maximum atomic E-state index is 12.1. The third kappa shape index (κ3) is 4.18. The van der Waals surface area contributed by atoms with Crippen molar-refractivity contribution in [2.45, 2.75) is 18.2 Å². The molecule has 2 N–H and O–H groups in total. The van der Waals surface area contributed by atoms with Crippen molar-refractivity contribution >= 4 is 21.6 Å². The first-order valence-electron chi connectivity index (χ1n) is 5.71. The molecule has 1 atom stereocenters. The summed E-state index contributed by atoms with van der Waals surface area (Å²) in [6, 6.07) is 6.08. The van der Waals surface area contributed by atoms with Crippen LogP contribution in [-0.4, -0.2) is 26.7 Å². The molecule has 0 radical (unpaired) electrons. The molecule has 0 saturated carbocycles. The molecule has 0 aliphatic rings. The van der Waals surface area contributed by atoms with Crippen LogP contribution in [0.5, 0.6) is 0 Å². The Hall–Kier alpha value is -1.13. The molecule has 0 fully saturated rings. The fourth-order valence-corrected chi connectivity index (χ4v) is 3.10. The molecular formula is C12H15ClN2O3S. The van der Waals surface area contributed by atoms with E-state index in [1.54, 1.807) is 6.07 Å². The van der Waals surface area contributed by atoms with E-state index in [4.69, 9.17) is 22.0 Å². The summed E-state index contributed by atoms with van der Waals surface area (Å²) in [4.78, 5) is -0.126. The smallest absolute Gasteiger partial charge is 0.241 e. The second-order valence-electron chi connectivity index (χ2n) is 4.19. The number of benzene rings is 1. The van der Waals surface area contributed by atoms with Crippen molar-refractivity contribution in [1.82, 2.24) is 4.72 Å². The third-order valence-electron chi connectivity index (χ3n) is 2.62. The van der Waals surface area contributed by atoms with Crippen molar-refractivity contribution < 1.29 is 13.5 Å². The maximum Gasteiger partial charge on any atom is 0.241 e. The Morgan fingerprint density at radius 3 is 2.79 bits per heavy atom. The SMILES string of the molecule is CC(CCO)CNS(=O)(=O)c1cccc(Cl)c1C#N. The van der Waals surface area contributed by atoms with Crippen LogP contribution in [-0.2, 0) is 10.0 Å². The van der Waals surface area contributed by atoms with Gasteiger partial charge in [-0.05, 0) is 24.5 Å². The van der Waals surface area contributed by atoms with E-state index in [-0.39, 0.29) is 34.6 Å². The first-order valence-corrected chi connectivity index (χ1v) is 7.57. The van der Waals surface area contributed by atoms with Crippen molar-refractivity contribution in [3.63, 3.8) is 0 Å². The molecule has 19 heavy (non-hydrogen) atoms. The van der Waals surface area contributed by atoms with Gasteiger partial charge in [0.25, 0.3) is 0 Å². The van der Waals surface area contributed by atoms with Crippen LogP contribution in [0.4, 0.5) is 0 Å². The molecule has 7 heteroatoms. The molecule has 0 aromatic heterocycles. The first kappa shape index (κ1) is 15.9. The summed E-state index contributed by atoms with van der Waals surface area (Å²) in [5.41, 5.74) is -0.0634. The van der Waals surface area contributed by atoms with E-state index >= 15 is 0 Å². The minimum atomic E-state index is -3.78. The van der Waals surface area contributed by atoms with Gasteiger partial charge in [-0.15, -0.1) is 0 Å². The van der Waals surface area contributed by atoms with Crippen LogP contribution in [0.15, 0.2) is 23.1 Å². The molecular weight excluding hydrogens is 288 g/mol. The van der Waals surface area contributed by atoms with E-state index < -0.39 is 10.0 Å². The maximum absolute atomic E-state index is 12.1. The lowest BCUT2D eigenvalue weighted by Crippen LogP contribution is -2.29. The van der Waals surface area contributed by atoms with Gasteiger partial charge in [-0.1, -0.05) is 24.6 Å². The number of hydrogen-bond acceptors (Lipinski definition) is 4. The van der Waals surface area contributed by atoms with Crippen molar-refractivity contribution in [3.05, 3.63) is 28.8 Å². The molecule has 0 saturated heterocycles. The predicted octanol–water partition coefficient (Wildman–Crippen LogP) is 1.51. The zero-order valence-corrected chi connectivity index (χ0v) is 12.0. The standard InChI is InChI=1S/C12H15ClN2O3S/c1-9(5-6-16)8-15-19(17,18)12-4-2-3-11(13)10(12)7-14/h2-4,9,15-16H,5-6,8H2,1H3. The van der Waals surface area contributed by atoms with Crippen LogP contribution in [0, 0.1) is 17.2 Å². The molecule has 0 amide bonds. The van der Waals surface area contributed by atoms with Gasteiger partial charge in [0.05, 0.1) is 10.6 Å². The summed E-state index contributed by atoms with van der Waals surface area (Å²) in [5.74, 6) is 0.00416. The minimum Gasteiger partial charge on any atom is -0.396 e. The van der Waals surface area contributed by atoms with Gasteiger partial charge in [0.2, 0.25) is 10.0 Å². The number of rotatable bonds is 6. The molecule has 1 aromatic rings. The van der Waals surface area contributed by atoms with Gasteiger partial charge in [-0.25, -0.2) is 13.1 Å². The van der Waals surface area contributed by atoms with Crippen LogP contribution < -0.4 is 4.72 Å². The summed E-state index contributed by atoms with van der Waals surface area (Å²) in [5, 5.41) is 17.8. The van der Waals surface area contributed by atoms with Gasteiger partial charge in [0.1, 0.15) is 11.0 Å². The second-order valence-corrected chi connectivity index (χ2v) is 6.34. The summed E-state index contributed by atoms with van der Waals surface area (Å²) in [6.45, 7) is 2.02. The fraction of sp³-hybridized carbons (Fsp3) is 0.417. The van der Waals surface area contributed by atoms with Crippen molar-refractivity contribution in [1.29, 1.82) is 5.26 Å². The third-order valence-corrected chi connectivity index (χ3v) is 4.40. The Morgan fingerprint density at radius 2 is 2.21 bits per heavy atom. The molecule has 1 unspecified atom stereocenters. The van der Waals surface area contributed by atoms with Crippen molar-refractivity contribution in [3.8, 4) is 6.07 Å². The number of sulfonamides is 1. The first-order chi connectivity index (χ1) is 8.92. The Bertz CT molecular complexity index is 581. The molecule has 0 aliphatic carbocycles.